The van der Waals surface area contributed by atoms with Gasteiger partial charge < -0.3 is 5.32 Å². The summed E-state index contributed by atoms with van der Waals surface area (Å²) in [4.78, 5) is 2.64. The molecule has 0 bridgehead atoms. The van der Waals surface area contributed by atoms with E-state index in [2.05, 4.69) is 50.4 Å². The number of nitrogens with one attached hydrogen (secondary N) is 1. The summed E-state index contributed by atoms with van der Waals surface area (Å²) in [6, 6.07) is 10.1. The number of benzene rings is 1. The first kappa shape index (κ1) is 10.8. The van der Waals surface area contributed by atoms with Gasteiger partial charge in [0.15, 0.2) is 0 Å². The first-order chi connectivity index (χ1) is 7.83. The molecule has 1 aromatic carbocycles. The normalized spacial score (nSPS) is 26.9. The minimum absolute atomic E-state index is 0.516. The zero-order chi connectivity index (χ0) is 11.0. The Hall–Kier alpha value is -0.380. The average Bonchev–Trinajstić information content (AvgIpc) is 3.14. The van der Waals surface area contributed by atoms with Gasteiger partial charge in [-0.3, -0.25) is 4.90 Å². The molecule has 1 saturated carbocycles. The summed E-state index contributed by atoms with van der Waals surface area (Å²) in [5, 5.41) is 3.61. The van der Waals surface area contributed by atoms with Gasteiger partial charge in [-0.15, -0.1) is 0 Å². The molecule has 86 valence electrons. The lowest BCUT2D eigenvalue weighted by molar-refractivity contribution is 0.192. The van der Waals surface area contributed by atoms with E-state index < -0.39 is 0 Å². The van der Waals surface area contributed by atoms with E-state index >= 15 is 0 Å². The second-order valence-electron chi connectivity index (χ2n) is 4.78. The molecule has 16 heavy (non-hydrogen) atoms. The third-order valence-electron chi connectivity index (χ3n) is 3.54. The monoisotopic (exact) mass is 280 g/mol. The predicted molar refractivity (Wildman–Crippen MR) is 69.5 cm³/mol. The molecule has 0 spiro atoms. The van der Waals surface area contributed by atoms with Gasteiger partial charge in [-0.1, -0.05) is 28.1 Å². The molecule has 1 atom stereocenters. The van der Waals surface area contributed by atoms with Crippen molar-refractivity contribution >= 4 is 15.9 Å². The van der Waals surface area contributed by atoms with Crippen LogP contribution in [-0.2, 0) is 0 Å². The molecular formula is C13H17BrN2. The lowest BCUT2D eigenvalue weighted by Crippen LogP contribution is -2.46. The third-order valence-corrected chi connectivity index (χ3v) is 4.07. The molecule has 1 heterocycles. The average molecular weight is 281 g/mol. The third kappa shape index (κ3) is 2.31. The van der Waals surface area contributed by atoms with Crippen LogP contribution < -0.4 is 5.32 Å². The Labute approximate surface area is 105 Å². The van der Waals surface area contributed by atoms with E-state index in [9.17, 15) is 0 Å². The molecule has 1 unspecified atom stereocenters. The summed E-state index contributed by atoms with van der Waals surface area (Å²) in [5.41, 5.74) is 1.41. The molecule has 2 fully saturated rings. The van der Waals surface area contributed by atoms with Gasteiger partial charge in [0.2, 0.25) is 0 Å². The molecule has 3 rings (SSSR count). The molecule has 2 nitrogen and oxygen atoms in total. The number of hydrogen-bond acceptors (Lipinski definition) is 2. The lowest BCUT2D eigenvalue weighted by atomic mass is 10.0. The van der Waals surface area contributed by atoms with Crippen molar-refractivity contribution in [2.75, 3.05) is 19.6 Å². The maximum atomic E-state index is 3.61. The van der Waals surface area contributed by atoms with Gasteiger partial charge in [-0.05, 0) is 30.5 Å². The molecule has 1 aliphatic carbocycles. The van der Waals surface area contributed by atoms with Gasteiger partial charge in [-0.25, -0.2) is 0 Å². The fourth-order valence-electron chi connectivity index (χ4n) is 2.46. The highest BCUT2D eigenvalue weighted by Crippen LogP contribution is 2.30. The van der Waals surface area contributed by atoms with Crippen LogP contribution in [0.5, 0.6) is 0 Å². The standard InChI is InChI=1S/C13H17BrN2/c14-11-3-1-10(2-4-11)13-9-16(8-7-15-13)12-5-6-12/h1-4,12-13,15H,5-9H2. The maximum absolute atomic E-state index is 3.61. The minimum atomic E-state index is 0.516. The molecular weight excluding hydrogens is 264 g/mol. The van der Waals surface area contributed by atoms with Crippen LogP contribution in [-0.4, -0.2) is 30.6 Å². The number of hydrogen-bond donors (Lipinski definition) is 1. The van der Waals surface area contributed by atoms with Gasteiger partial charge in [0.25, 0.3) is 0 Å². The lowest BCUT2D eigenvalue weighted by Gasteiger charge is -2.34. The van der Waals surface area contributed by atoms with Crippen molar-refractivity contribution in [3.8, 4) is 0 Å². The first-order valence-electron chi connectivity index (χ1n) is 6.06. The van der Waals surface area contributed by atoms with Gasteiger partial charge in [0.05, 0.1) is 0 Å². The topological polar surface area (TPSA) is 15.3 Å². The first-order valence-corrected chi connectivity index (χ1v) is 6.85. The molecule has 2 aliphatic rings. The largest absolute Gasteiger partial charge is 0.308 e. The number of halogens is 1. The molecule has 0 aromatic heterocycles. The van der Waals surface area contributed by atoms with E-state index in [0.29, 0.717) is 6.04 Å². The van der Waals surface area contributed by atoms with Crippen molar-refractivity contribution in [1.82, 2.24) is 10.2 Å². The molecule has 1 N–H and O–H groups in total. The summed E-state index contributed by atoms with van der Waals surface area (Å²) in [5.74, 6) is 0. The van der Waals surface area contributed by atoms with Gasteiger partial charge >= 0.3 is 0 Å². The highest BCUT2D eigenvalue weighted by atomic mass is 79.9. The van der Waals surface area contributed by atoms with E-state index in [0.717, 1.165) is 17.1 Å². The van der Waals surface area contributed by atoms with Crippen molar-refractivity contribution < 1.29 is 0 Å². The summed E-state index contributed by atoms with van der Waals surface area (Å²) in [6.07, 6.45) is 2.82. The van der Waals surface area contributed by atoms with Crippen molar-refractivity contribution in [1.29, 1.82) is 0 Å². The summed E-state index contributed by atoms with van der Waals surface area (Å²) >= 11 is 3.48. The molecule has 0 amide bonds. The van der Waals surface area contributed by atoms with Crippen LogP contribution in [0.4, 0.5) is 0 Å². The van der Waals surface area contributed by atoms with Crippen LogP contribution in [0.1, 0.15) is 24.4 Å². The Morgan fingerprint density at radius 2 is 1.94 bits per heavy atom. The number of piperazine rings is 1. The Morgan fingerprint density at radius 3 is 2.62 bits per heavy atom. The van der Waals surface area contributed by atoms with Crippen LogP contribution in [0.2, 0.25) is 0 Å². The molecule has 1 aromatic rings. The smallest absolute Gasteiger partial charge is 0.0449 e. The van der Waals surface area contributed by atoms with Crippen molar-refractivity contribution in [2.24, 2.45) is 0 Å². The molecule has 1 saturated heterocycles. The highest BCUT2D eigenvalue weighted by molar-refractivity contribution is 9.10. The molecule has 3 heteroatoms. The Balaban J connectivity index is 1.71. The van der Waals surface area contributed by atoms with Crippen molar-refractivity contribution in [3.63, 3.8) is 0 Å². The summed E-state index contributed by atoms with van der Waals surface area (Å²) < 4.78 is 1.16. The zero-order valence-corrected chi connectivity index (χ0v) is 10.9. The second kappa shape index (κ2) is 4.47. The van der Waals surface area contributed by atoms with Crippen LogP contribution in [0.25, 0.3) is 0 Å². The van der Waals surface area contributed by atoms with Crippen molar-refractivity contribution in [3.05, 3.63) is 34.3 Å². The Kier molecular flexibility index (Phi) is 3.01. The zero-order valence-electron chi connectivity index (χ0n) is 9.32. The minimum Gasteiger partial charge on any atom is -0.308 e. The van der Waals surface area contributed by atoms with E-state index in [1.165, 1.54) is 31.5 Å². The summed E-state index contributed by atoms with van der Waals surface area (Å²) in [6.45, 7) is 3.52. The number of nitrogens with zero attached hydrogens (tertiary/aromatic N) is 1. The van der Waals surface area contributed by atoms with E-state index in [-0.39, 0.29) is 0 Å². The van der Waals surface area contributed by atoms with Gasteiger partial charge in [-0.2, -0.15) is 0 Å². The second-order valence-corrected chi connectivity index (χ2v) is 5.70. The van der Waals surface area contributed by atoms with E-state index in [1.54, 1.807) is 0 Å². The quantitative estimate of drug-likeness (QED) is 0.896. The van der Waals surface area contributed by atoms with Crippen LogP contribution in [0.15, 0.2) is 28.7 Å². The highest BCUT2D eigenvalue weighted by Gasteiger charge is 2.32. The van der Waals surface area contributed by atoms with Crippen molar-refractivity contribution in [2.45, 2.75) is 24.9 Å². The SMILES string of the molecule is Brc1ccc(C2CN(C3CC3)CCN2)cc1. The van der Waals surface area contributed by atoms with E-state index in [4.69, 9.17) is 0 Å². The van der Waals surface area contributed by atoms with Gasteiger partial charge in [0.1, 0.15) is 0 Å². The molecule has 1 aliphatic heterocycles. The van der Waals surface area contributed by atoms with Gasteiger partial charge in [0, 0.05) is 36.2 Å². The van der Waals surface area contributed by atoms with Crippen LogP contribution >= 0.6 is 15.9 Å². The molecule has 0 radical (unpaired) electrons. The maximum Gasteiger partial charge on any atom is 0.0449 e. The fourth-order valence-corrected chi connectivity index (χ4v) is 2.73. The van der Waals surface area contributed by atoms with Crippen LogP contribution in [0, 0.1) is 0 Å². The number of rotatable bonds is 2. The predicted octanol–water partition coefficient (Wildman–Crippen LogP) is 2.56. The fraction of sp³-hybridized carbons (Fsp3) is 0.538. The Bertz CT molecular complexity index is 359. The Morgan fingerprint density at radius 1 is 1.19 bits per heavy atom. The van der Waals surface area contributed by atoms with Crippen LogP contribution in [0.3, 0.4) is 0 Å². The summed E-state index contributed by atoms with van der Waals surface area (Å²) in [7, 11) is 0. The van der Waals surface area contributed by atoms with E-state index in [1.807, 2.05) is 0 Å².